The Morgan fingerprint density at radius 2 is 1.76 bits per heavy atom. The van der Waals surface area contributed by atoms with Crippen LogP contribution < -0.4 is 0 Å². The normalized spacial score (nSPS) is 10.7. The van der Waals surface area contributed by atoms with Crippen LogP contribution in [0, 0.1) is 6.92 Å². The number of aryl methyl sites for hydroxylation is 1. The molecule has 0 unspecified atom stereocenters. The molecule has 2 heteroatoms. The van der Waals surface area contributed by atoms with Gasteiger partial charge in [0.15, 0.2) is 11.5 Å². The van der Waals surface area contributed by atoms with Crippen LogP contribution in [0.4, 0.5) is 0 Å². The van der Waals surface area contributed by atoms with Gasteiger partial charge in [-0.2, -0.15) is 0 Å². The van der Waals surface area contributed by atoms with E-state index in [1.54, 1.807) is 6.26 Å². The predicted octanol–water partition coefficient (Wildman–Crippen LogP) is 4.91. The number of rotatable bonds is 9. The van der Waals surface area contributed by atoms with Crippen molar-refractivity contribution in [3.05, 3.63) is 23.7 Å². The SMILES string of the molecule is CCCCCCCCCC(=O)c1occc1C. The highest BCUT2D eigenvalue weighted by atomic mass is 16.3. The highest BCUT2D eigenvalue weighted by Gasteiger charge is 2.11. The summed E-state index contributed by atoms with van der Waals surface area (Å²) in [6.07, 6.45) is 10.9. The molecule has 0 aliphatic carbocycles. The summed E-state index contributed by atoms with van der Waals surface area (Å²) in [4.78, 5) is 11.8. The fourth-order valence-electron chi connectivity index (χ4n) is 2.01. The molecule has 0 aliphatic rings. The number of Topliss-reactive ketones (excluding diaryl/α,β-unsaturated/α-hetero) is 1. The molecule has 96 valence electrons. The van der Waals surface area contributed by atoms with Crippen LogP contribution in [0.1, 0.15) is 74.4 Å². The van der Waals surface area contributed by atoms with E-state index >= 15 is 0 Å². The van der Waals surface area contributed by atoms with Crippen LogP contribution in [0.15, 0.2) is 16.7 Å². The molecule has 1 aromatic heterocycles. The Hall–Kier alpha value is -1.05. The predicted molar refractivity (Wildman–Crippen MR) is 70.4 cm³/mol. The second-order valence-electron chi connectivity index (χ2n) is 4.73. The molecule has 17 heavy (non-hydrogen) atoms. The minimum Gasteiger partial charge on any atom is -0.461 e. The Bertz CT molecular complexity index is 325. The number of carbonyl (C=O) groups excluding carboxylic acids is 1. The highest BCUT2D eigenvalue weighted by molar-refractivity contribution is 5.94. The van der Waals surface area contributed by atoms with E-state index < -0.39 is 0 Å². The van der Waals surface area contributed by atoms with Gasteiger partial charge in [-0.3, -0.25) is 4.79 Å². The zero-order valence-electron chi connectivity index (χ0n) is 11.1. The van der Waals surface area contributed by atoms with Gasteiger partial charge in [0.1, 0.15) is 0 Å². The molecule has 0 radical (unpaired) electrons. The van der Waals surface area contributed by atoms with Gasteiger partial charge < -0.3 is 4.42 Å². The maximum absolute atomic E-state index is 11.8. The van der Waals surface area contributed by atoms with Crippen LogP contribution in [0.25, 0.3) is 0 Å². The lowest BCUT2D eigenvalue weighted by Gasteiger charge is -2.01. The van der Waals surface area contributed by atoms with Crippen molar-refractivity contribution in [3.8, 4) is 0 Å². The first-order valence-corrected chi connectivity index (χ1v) is 6.83. The third kappa shape index (κ3) is 5.20. The Morgan fingerprint density at radius 3 is 2.35 bits per heavy atom. The highest BCUT2D eigenvalue weighted by Crippen LogP contribution is 2.14. The van der Waals surface area contributed by atoms with Crippen molar-refractivity contribution in [1.29, 1.82) is 0 Å². The van der Waals surface area contributed by atoms with Crippen LogP contribution in [0.2, 0.25) is 0 Å². The quantitative estimate of drug-likeness (QED) is 0.450. The van der Waals surface area contributed by atoms with Gasteiger partial charge in [0, 0.05) is 6.42 Å². The molecule has 1 heterocycles. The first-order valence-electron chi connectivity index (χ1n) is 6.83. The number of hydrogen-bond acceptors (Lipinski definition) is 2. The van der Waals surface area contributed by atoms with Gasteiger partial charge in [0.2, 0.25) is 0 Å². The second-order valence-corrected chi connectivity index (χ2v) is 4.73. The fourth-order valence-corrected chi connectivity index (χ4v) is 2.01. The molecule has 0 amide bonds. The number of hydrogen-bond donors (Lipinski definition) is 0. The average Bonchev–Trinajstić information content (AvgIpc) is 2.74. The summed E-state index contributed by atoms with van der Waals surface area (Å²) in [5, 5.41) is 0. The minimum absolute atomic E-state index is 0.154. The monoisotopic (exact) mass is 236 g/mol. The third-order valence-corrected chi connectivity index (χ3v) is 3.12. The molecule has 1 aromatic rings. The molecule has 0 atom stereocenters. The van der Waals surface area contributed by atoms with Crippen LogP contribution in [0.3, 0.4) is 0 Å². The van der Waals surface area contributed by atoms with E-state index in [-0.39, 0.29) is 5.78 Å². The van der Waals surface area contributed by atoms with Crippen molar-refractivity contribution in [3.63, 3.8) is 0 Å². The molecule has 2 nitrogen and oxygen atoms in total. The number of unbranched alkanes of at least 4 members (excludes halogenated alkanes) is 6. The first kappa shape index (κ1) is 14.0. The van der Waals surface area contributed by atoms with Gasteiger partial charge in [-0.25, -0.2) is 0 Å². The molecule has 0 saturated heterocycles. The van der Waals surface area contributed by atoms with Gasteiger partial charge in [-0.05, 0) is 25.0 Å². The van der Waals surface area contributed by atoms with Gasteiger partial charge in [0.25, 0.3) is 0 Å². The smallest absolute Gasteiger partial charge is 0.198 e. The van der Waals surface area contributed by atoms with E-state index in [4.69, 9.17) is 4.42 Å². The summed E-state index contributed by atoms with van der Waals surface area (Å²) in [7, 11) is 0. The molecule has 1 rings (SSSR count). The fraction of sp³-hybridized carbons (Fsp3) is 0.667. The average molecular weight is 236 g/mol. The summed E-state index contributed by atoms with van der Waals surface area (Å²) in [5.41, 5.74) is 0.956. The van der Waals surface area contributed by atoms with E-state index in [0.717, 1.165) is 18.4 Å². The standard InChI is InChI=1S/C15H24O2/c1-3-4-5-6-7-8-9-10-14(16)15-13(2)11-12-17-15/h11-12H,3-10H2,1-2H3. The molecule has 0 fully saturated rings. The Balaban J connectivity index is 2.07. The summed E-state index contributed by atoms with van der Waals surface area (Å²) in [5.74, 6) is 0.706. The lowest BCUT2D eigenvalue weighted by Crippen LogP contribution is -1.98. The molecule has 0 N–H and O–H groups in total. The van der Waals surface area contributed by atoms with Crippen LogP contribution in [0.5, 0.6) is 0 Å². The van der Waals surface area contributed by atoms with Gasteiger partial charge >= 0.3 is 0 Å². The summed E-state index contributed by atoms with van der Waals surface area (Å²) < 4.78 is 5.19. The van der Waals surface area contributed by atoms with Gasteiger partial charge in [-0.1, -0.05) is 45.4 Å². The summed E-state index contributed by atoms with van der Waals surface area (Å²) >= 11 is 0. The van der Waals surface area contributed by atoms with Crippen molar-refractivity contribution >= 4 is 5.78 Å². The maximum atomic E-state index is 11.8. The van der Waals surface area contributed by atoms with E-state index in [0.29, 0.717) is 12.2 Å². The van der Waals surface area contributed by atoms with E-state index in [1.807, 2.05) is 13.0 Å². The van der Waals surface area contributed by atoms with Crippen molar-refractivity contribution in [1.82, 2.24) is 0 Å². The molecule has 0 spiro atoms. The largest absolute Gasteiger partial charge is 0.461 e. The van der Waals surface area contributed by atoms with Gasteiger partial charge in [0.05, 0.1) is 6.26 Å². The zero-order chi connectivity index (χ0) is 12.5. The Morgan fingerprint density at radius 1 is 1.12 bits per heavy atom. The molecular formula is C15H24O2. The van der Waals surface area contributed by atoms with Crippen molar-refractivity contribution in [2.75, 3.05) is 0 Å². The first-order chi connectivity index (χ1) is 8.25. The Kier molecular flexibility index (Phi) is 6.68. The Labute approximate surface area is 104 Å². The summed E-state index contributed by atoms with van der Waals surface area (Å²) in [6, 6.07) is 1.85. The minimum atomic E-state index is 0.154. The van der Waals surface area contributed by atoms with E-state index in [9.17, 15) is 4.79 Å². The zero-order valence-corrected chi connectivity index (χ0v) is 11.1. The molecular weight excluding hydrogens is 212 g/mol. The molecule has 0 aliphatic heterocycles. The van der Waals surface area contributed by atoms with Crippen LogP contribution in [-0.4, -0.2) is 5.78 Å². The number of furan rings is 1. The topological polar surface area (TPSA) is 30.2 Å². The van der Waals surface area contributed by atoms with E-state index in [1.165, 1.54) is 32.1 Å². The summed E-state index contributed by atoms with van der Waals surface area (Å²) in [6.45, 7) is 4.14. The lowest BCUT2D eigenvalue weighted by atomic mass is 10.1. The van der Waals surface area contributed by atoms with Crippen molar-refractivity contribution < 1.29 is 9.21 Å². The molecule has 0 saturated carbocycles. The van der Waals surface area contributed by atoms with Crippen LogP contribution in [-0.2, 0) is 0 Å². The van der Waals surface area contributed by atoms with Gasteiger partial charge in [-0.15, -0.1) is 0 Å². The number of carbonyl (C=O) groups is 1. The third-order valence-electron chi connectivity index (χ3n) is 3.12. The number of ketones is 1. The van der Waals surface area contributed by atoms with Crippen molar-refractivity contribution in [2.45, 2.75) is 65.2 Å². The maximum Gasteiger partial charge on any atom is 0.198 e. The molecule has 0 aromatic carbocycles. The van der Waals surface area contributed by atoms with E-state index in [2.05, 4.69) is 6.92 Å². The molecule has 0 bridgehead atoms. The second kappa shape index (κ2) is 8.10. The lowest BCUT2D eigenvalue weighted by molar-refractivity contribution is 0.0951. The van der Waals surface area contributed by atoms with Crippen LogP contribution >= 0.6 is 0 Å². The van der Waals surface area contributed by atoms with Crippen molar-refractivity contribution in [2.24, 2.45) is 0 Å².